The molecule has 6 aromatic rings. The lowest BCUT2D eigenvalue weighted by molar-refractivity contribution is -0.138. The number of ether oxygens (including phenoxy) is 4. The molecule has 14 nitrogen and oxygen atoms in total. The van der Waals surface area contributed by atoms with Gasteiger partial charge in [-0.25, -0.2) is 23.2 Å². The minimum atomic E-state index is -1.88. The summed E-state index contributed by atoms with van der Waals surface area (Å²) in [6.45, 7) is -0.00447. The first-order chi connectivity index (χ1) is 31.4. The number of hydrogen-bond acceptors (Lipinski definition) is 13. The average Bonchev–Trinajstić information content (AvgIpc) is 3.60. The summed E-state index contributed by atoms with van der Waals surface area (Å²) >= 11 is 0. The van der Waals surface area contributed by atoms with Crippen molar-refractivity contribution in [1.82, 2.24) is 5.32 Å². The lowest BCUT2D eigenvalue weighted by atomic mass is 9.77. The number of carbonyl (C=O) groups is 4. The van der Waals surface area contributed by atoms with Gasteiger partial charge in [0.1, 0.15) is 23.1 Å². The van der Waals surface area contributed by atoms with Crippen molar-refractivity contribution in [1.29, 1.82) is 5.26 Å². The van der Waals surface area contributed by atoms with Crippen LogP contribution in [0.3, 0.4) is 0 Å². The van der Waals surface area contributed by atoms with E-state index in [1.807, 2.05) is 43.3 Å². The number of esters is 3. The molecule has 0 aromatic heterocycles. The summed E-state index contributed by atoms with van der Waals surface area (Å²) in [5.74, 6) is -6.91. The molecule has 16 heteroatoms. The number of phenols is 1. The van der Waals surface area contributed by atoms with Crippen molar-refractivity contribution in [2.45, 2.75) is 12.0 Å². The number of nitrogens with zero attached hydrogens (tertiary/aromatic N) is 4. The molecule has 65 heavy (non-hydrogen) atoms. The fourth-order valence-electron chi connectivity index (χ4n) is 7.24. The molecule has 2 heterocycles. The van der Waals surface area contributed by atoms with E-state index in [1.54, 1.807) is 48.5 Å². The van der Waals surface area contributed by atoms with Crippen LogP contribution in [0, 0.1) is 23.0 Å². The second kappa shape index (κ2) is 17.9. The molecule has 2 aliphatic heterocycles. The molecule has 0 radical (unpaired) electrons. The highest BCUT2D eigenvalue weighted by molar-refractivity contribution is 6.02. The Labute approximate surface area is 369 Å². The molecule has 2 N–H and O–H groups in total. The molecule has 8 rings (SSSR count). The molecule has 0 bridgehead atoms. The first-order valence-electron chi connectivity index (χ1n) is 19.9. The summed E-state index contributed by atoms with van der Waals surface area (Å²) in [7, 11) is 3.89. The zero-order valence-corrected chi connectivity index (χ0v) is 34.5. The molecule has 6 aromatic carbocycles. The van der Waals surface area contributed by atoms with Crippen molar-refractivity contribution in [3.8, 4) is 29.1 Å². The molecule has 1 spiro atoms. The highest BCUT2D eigenvalue weighted by atomic mass is 19.1. The van der Waals surface area contributed by atoms with E-state index < -0.39 is 52.2 Å². The van der Waals surface area contributed by atoms with Gasteiger partial charge in [0.25, 0.3) is 5.91 Å². The molecule has 0 saturated carbocycles. The Balaban J connectivity index is 0.901. The minimum absolute atomic E-state index is 0.0112. The van der Waals surface area contributed by atoms with Gasteiger partial charge in [0.05, 0.1) is 40.2 Å². The second-order valence-electron chi connectivity index (χ2n) is 14.8. The van der Waals surface area contributed by atoms with Gasteiger partial charge < -0.3 is 34.3 Å². The zero-order valence-electron chi connectivity index (χ0n) is 34.5. The smallest absolute Gasteiger partial charge is 0.348 e. The second-order valence-corrected chi connectivity index (χ2v) is 14.8. The number of carbonyl (C=O) groups excluding carboxylic acids is 4. The number of anilines is 1. The zero-order chi connectivity index (χ0) is 45.8. The summed E-state index contributed by atoms with van der Waals surface area (Å²) in [6.07, 6.45) is 1.34. The molecular weight excluding hydrogens is 841 g/mol. The predicted molar refractivity (Wildman–Crippen MR) is 231 cm³/mol. The maximum atomic E-state index is 16.0. The summed E-state index contributed by atoms with van der Waals surface area (Å²) < 4.78 is 53.5. The van der Waals surface area contributed by atoms with E-state index in [1.165, 1.54) is 30.3 Å². The number of fused-ring (bicyclic) bond motifs is 6. The highest BCUT2D eigenvalue weighted by Gasteiger charge is 2.54. The Bertz CT molecular complexity index is 3000. The third kappa shape index (κ3) is 8.58. The molecule has 0 saturated heterocycles. The molecule has 0 fully saturated rings. The van der Waals surface area contributed by atoms with Crippen LogP contribution in [0.1, 0.15) is 59.7 Å². The van der Waals surface area contributed by atoms with Gasteiger partial charge in [-0.2, -0.15) is 15.5 Å². The number of benzene rings is 6. The van der Waals surface area contributed by atoms with Crippen LogP contribution in [0.5, 0.6) is 23.0 Å². The summed E-state index contributed by atoms with van der Waals surface area (Å²) in [5.41, 5.74) is 0.584. The van der Waals surface area contributed by atoms with Crippen LogP contribution >= 0.6 is 0 Å². The third-order valence-corrected chi connectivity index (χ3v) is 10.5. The van der Waals surface area contributed by atoms with Crippen LogP contribution in [0.25, 0.3) is 6.08 Å². The lowest BCUT2D eigenvalue weighted by Gasteiger charge is -2.36. The number of amides is 1. The number of azo groups is 1. The van der Waals surface area contributed by atoms with E-state index in [0.717, 1.165) is 36.0 Å². The Morgan fingerprint density at radius 3 is 2.20 bits per heavy atom. The van der Waals surface area contributed by atoms with Gasteiger partial charge in [0.2, 0.25) is 0 Å². The molecule has 1 atom stereocenters. The summed E-state index contributed by atoms with van der Waals surface area (Å²) in [6, 6.07) is 31.9. The first-order valence-corrected chi connectivity index (χ1v) is 19.9. The molecule has 1 amide bonds. The van der Waals surface area contributed by atoms with Crippen LogP contribution in [0.2, 0.25) is 0 Å². The van der Waals surface area contributed by atoms with Crippen LogP contribution in [-0.4, -0.2) is 56.2 Å². The predicted octanol–water partition coefficient (Wildman–Crippen LogP) is 9.21. The van der Waals surface area contributed by atoms with Gasteiger partial charge in [-0.1, -0.05) is 36.4 Å². The van der Waals surface area contributed by atoms with Gasteiger partial charge in [-0.3, -0.25) is 4.79 Å². The van der Waals surface area contributed by atoms with E-state index in [0.29, 0.717) is 16.9 Å². The Morgan fingerprint density at radius 2 is 1.49 bits per heavy atom. The average molecular weight is 876 g/mol. The number of aromatic hydroxyl groups is 1. The van der Waals surface area contributed by atoms with E-state index in [9.17, 15) is 33.9 Å². The van der Waals surface area contributed by atoms with E-state index in [4.69, 9.17) is 18.9 Å². The molecule has 0 aliphatic carbocycles. The first kappa shape index (κ1) is 43.0. The number of phenolic OH excluding ortho intramolecular Hbond substituents is 1. The number of nitriles is 1. The van der Waals surface area contributed by atoms with Gasteiger partial charge in [0, 0.05) is 49.6 Å². The Kier molecular flexibility index (Phi) is 11.9. The number of hydrogen-bond donors (Lipinski definition) is 2. The standard InChI is InChI=1S/C49H35F2N5O9/c1-56(2)33-18-16-32(17-19-33)55-54-31-14-12-28(13-15-31)45(58)53-20-7-21-62-46(59)30(27-52)22-29-8-3-4-9-34(29)47(60)64-44-26-43-38(24-40(44)51)49(36-11-6-5-10-35(36)48(61)65-49)37-23-39(50)41(57)25-42(37)63-43/h3-6,8-19,22-26,57H,7,20-21H2,1-2H3,(H,53,58)/b30-22+,55-54?. The van der Waals surface area contributed by atoms with Crippen LogP contribution in [0.15, 0.2) is 137 Å². The van der Waals surface area contributed by atoms with E-state index in [-0.39, 0.29) is 70.4 Å². The largest absolute Gasteiger partial charge is 0.505 e. The summed E-state index contributed by atoms with van der Waals surface area (Å²) in [5, 5.41) is 31.2. The number of rotatable bonds is 12. The SMILES string of the molecule is CN(C)c1ccc(N=Nc2ccc(C(=O)NCCCOC(=O)/C(C#N)=C/c3ccccc3C(=O)Oc3cc4c(cc3F)C3(OC(=O)c5ccccc53)c3cc(F)c(O)cc3O4)cc2)cc1. The normalized spacial score (nSPS) is 14.6. The maximum absolute atomic E-state index is 16.0. The monoisotopic (exact) mass is 875 g/mol. The third-order valence-electron chi connectivity index (χ3n) is 10.5. The maximum Gasteiger partial charge on any atom is 0.348 e. The summed E-state index contributed by atoms with van der Waals surface area (Å²) in [4.78, 5) is 54.3. The van der Waals surface area contributed by atoms with Crippen LogP contribution in [0.4, 0.5) is 25.8 Å². The Hall–Kier alpha value is -8.71. The number of nitrogens with one attached hydrogen (secondary N) is 1. The fourth-order valence-corrected chi connectivity index (χ4v) is 7.24. The molecule has 324 valence electrons. The minimum Gasteiger partial charge on any atom is -0.505 e. The fraction of sp³-hybridized carbons (Fsp3) is 0.122. The topological polar surface area (TPSA) is 189 Å². The van der Waals surface area contributed by atoms with Gasteiger partial charge in [0.15, 0.2) is 28.7 Å². The van der Waals surface area contributed by atoms with Crippen molar-refractivity contribution < 1.29 is 52.0 Å². The van der Waals surface area contributed by atoms with Gasteiger partial charge in [-0.05, 0) is 90.9 Å². The van der Waals surface area contributed by atoms with Crippen LogP contribution in [-0.2, 0) is 19.9 Å². The Morgan fingerprint density at radius 1 is 0.846 bits per heavy atom. The molecule has 2 aliphatic rings. The number of halogens is 2. The molecular formula is C49H35F2N5O9. The van der Waals surface area contributed by atoms with Crippen molar-refractivity contribution in [2.24, 2.45) is 10.2 Å². The van der Waals surface area contributed by atoms with E-state index >= 15 is 4.39 Å². The van der Waals surface area contributed by atoms with E-state index in [2.05, 4.69) is 15.5 Å². The quantitative estimate of drug-likeness (QED) is 0.0298. The lowest BCUT2D eigenvalue weighted by Crippen LogP contribution is -2.33. The van der Waals surface area contributed by atoms with Crippen molar-refractivity contribution in [2.75, 3.05) is 32.1 Å². The van der Waals surface area contributed by atoms with Crippen molar-refractivity contribution in [3.63, 3.8) is 0 Å². The highest BCUT2D eigenvalue weighted by Crippen LogP contribution is 2.57. The van der Waals surface area contributed by atoms with Gasteiger partial charge in [-0.15, -0.1) is 0 Å². The molecule has 1 unspecified atom stereocenters. The van der Waals surface area contributed by atoms with Crippen molar-refractivity contribution >= 4 is 47.0 Å². The van der Waals surface area contributed by atoms with Crippen LogP contribution < -0.4 is 19.7 Å². The van der Waals surface area contributed by atoms with Crippen molar-refractivity contribution in [3.05, 3.63) is 177 Å². The van der Waals surface area contributed by atoms with Gasteiger partial charge >= 0.3 is 17.9 Å².